The minimum Gasteiger partial charge on any atom is -0.491 e. The van der Waals surface area contributed by atoms with Crippen molar-refractivity contribution in [1.82, 2.24) is 24.4 Å². The molecule has 0 saturated heterocycles. The summed E-state index contributed by atoms with van der Waals surface area (Å²) < 4.78 is 13.3. The van der Waals surface area contributed by atoms with Crippen LogP contribution in [0.15, 0.2) is 54.7 Å². The lowest BCUT2D eigenvalue weighted by molar-refractivity contribution is 0.0723. The van der Waals surface area contributed by atoms with E-state index in [1.807, 2.05) is 47.6 Å². The standard InChI is InChI=1S/C28H27N5O3/c1-4-33-24(13-20-14-27(35-3)29-15-25(20)33)28(34)32-9-10-36-26-8-6-18(11-21(26)16-32)19-5-7-22-23(12-19)31-17(2)30-22/h5-8,11-15H,4,9-10,16H2,1-3H3,(H,30,31). The number of hydrogen-bond acceptors (Lipinski definition) is 5. The fourth-order valence-corrected chi connectivity index (χ4v) is 5.00. The molecule has 4 heterocycles. The Morgan fingerprint density at radius 1 is 1.14 bits per heavy atom. The number of pyridine rings is 1. The first kappa shape index (κ1) is 22.2. The molecule has 0 atom stereocenters. The zero-order valence-corrected chi connectivity index (χ0v) is 20.5. The van der Waals surface area contributed by atoms with Gasteiger partial charge in [0.2, 0.25) is 5.88 Å². The molecule has 3 aromatic heterocycles. The molecule has 0 radical (unpaired) electrons. The van der Waals surface area contributed by atoms with E-state index in [2.05, 4.69) is 39.2 Å². The summed E-state index contributed by atoms with van der Waals surface area (Å²) in [5, 5.41) is 0.935. The number of carbonyl (C=O) groups is 1. The first-order chi connectivity index (χ1) is 17.5. The van der Waals surface area contributed by atoms with Gasteiger partial charge in [-0.3, -0.25) is 4.79 Å². The molecule has 36 heavy (non-hydrogen) atoms. The molecule has 5 aromatic rings. The third kappa shape index (κ3) is 3.75. The van der Waals surface area contributed by atoms with Crippen molar-refractivity contribution < 1.29 is 14.3 Å². The Kier molecular flexibility index (Phi) is 5.36. The first-order valence-corrected chi connectivity index (χ1v) is 12.1. The quantitative estimate of drug-likeness (QED) is 0.393. The number of amides is 1. The Morgan fingerprint density at radius 2 is 1.97 bits per heavy atom. The zero-order chi connectivity index (χ0) is 24.8. The maximum atomic E-state index is 13.8. The number of methoxy groups -OCH3 is 1. The van der Waals surface area contributed by atoms with Crippen LogP contribution in [0.25, 0.3) is 33.1 Å². The van der Waals surface area contributed by atoms with E-state index in [1.54, 1.807) is 13.3 Å². The number of nitrogens with one attached hydrogen (secondary N) is 1. The number of aryl methyl sites for hydroxylation is 2. The van der Waals surface area contributed by atoms with Gasteiger partial charge in [0.25, 0.3) is 5.91 Å². The largest absolute Gasteiger partial charge is 0.491 e. The SMILES string of the molecule is CCn1c(C(=O)N2CCOc3ccc(-c4ccc5nc(C)[nH]c5c4)cc3C2)cc2cc(OC)ncc21. The molecule has 8 nitrogen and oxygen atoms in total. The number of hydrogen-bond donors (Lipinski definition) is 1. The van der Waals surface area contributed by atoms with Gasteiger partial charge in [-0.2, -0.15) is 0 Å². The molecule has 0 aliphatic carbocycles. The van der Waals surface area contributed by atoms with Gasteiger partial charge in [0, 0.05) is 30.1 Å². The number of fused-ring (bicyclic) bond motifs is 3. The van der Waals surface area contributed by atoms with Gasteiger partial charge >= 0.3 is 0 Å². The molecular formula is C28H27N5O3. The van der Waals surface area contributed by atoms with Crippen LogP contribution in [0.4, 0.5) is 0 Å². The lowest BCUT2D eigenvalue weighted by Crippen LogP contribution is -2.33. The maximum Gasteiger partial charge on any atom is 0.270 e. The molecule has 0 spiro atoms. The van der Waals surface area contributed by atoms with Gasteiger partial charge in [0.05, 0.1) is 36.4 Å². The topological polar surface area (TPSA) is 85.3 Å². The number of nitrogens with zero attached hydrogens (tertiary/aromatic N) is 4. The lowest BCUT2D eigenvalue weighted by atomic mass is 10.0. The van der Waals surface area contributed by atoms with Gasteiger partial charge < -0.3 is 23.9 Å². The van der Waals surface area contributed by atoms with Crippen molar-refractivity contribution in [3.8, 4) is 22.8 Å². The predicted molar refractivity (Wildman–Crippen MR) is 138 cm³/mol. The van der Waals surface area contributed by atoms with Crippen LogP contribution in [0.2, 0.25) is 0 Å². The molecule has 0 unspecified atom stereocenters. The monoisotopic (exact) mass is 481 g/mol. The average Bonchev–Trinajstić information content (AvgIpc) is 3.38. The van der Waals surface area contributed by atoms with Crippen LogP contribution < -0.4 is 9.47 Å². The molecule has 0 saturated carbocycles. The number of carbonyl (C=O) groups excluding carboxylic acids is 1. The second kappa shape index (κ2) is 8.71. The fraction of sp³-hybridized carbons (Fsp3) is 0.250. The zero-order valence-electron chi connectivity index (χ0n) is 20.5. The molecule has 8 heteroatoms. The molecule has 1 N–H and O–H groups in total. The first-order valence-electron chi connectivity index (χ1n) is 12.1. The highest BCUT2D eigenvalue weighted by Crippen LogP contribution is 2.32. The number of rotatable bonds is 4. The molecule has 2 aromatic carbocycles. The lowest BCUT2D eigenvalue weighted by Gasteiger charge is -2.21. The van der Waals surface area contributed by atoms with Gasteiger partial charge in [-0.15, -0.1) is 0 Å². The Balaban J connectivity index is 1.34. The highest BCUT2D eigenvalue weighted by atomic mass is 16.5. The van der Waals surface area contributed by atoms with Crippen molar-refractivity contribution >= 4 is 27.8 Å². The molecule has 0 bridgehead atoms. The van der Waals surface area contributed by atoms with E-state index in [4.69, 9.17) is 9.47 Å². The Morgan fingerprint density at radius 3 is 2.81 bits per heavy atom. The summed E-state index contributed by atoms with van der Waals surface area (Å²) in [5.74, 6) is 2.22. The summed E-state index contributed by atoms with van der Waals surface area (Å²) in [6.07, 6.45) is 1.76. The second-order valence-corrected chi connectivity index (χ2v) is 9.01. The second-order valence-electron chi connectivity index (χ2n) is 9.01. The fourth-order valence-electron chi connectivity index (χ4n) is 5.00. The van der Waals surface area contributed by atoms with Crippen LogP contribution in [0, 0.1) is 6.92 Å². The van der Waals surface area contributed by atoms with Crippen LogP contribution in [0.1, 0.15) is 28.8 Å². The predicted octanol–water partition coefficient (Wildman–Crippen LogP) is 4.95. The van der Waals surface area contributed by atoms with E-state index in [1.165, 1.54) is 0 Å². The summed E-state index contributed by atoms with van der Waals surface area (Å²) >= 11 is 0. The van der Waals surface area contributed by atoms with Crippen molar-refractivity contribution in [3.63, 3.8) is 0 Å². The summed E-state index contributed by atoms with van der Waals surface area (Å²) in [5.41, 5.74) is 6.66. The molecule has 182 valence electrons. The molecule has 1 aliphatic rings. The molecule has 6 rings (SSSR count). The third-order valence-corrected chi connectivity index (χ3v) is 6.77. The number of aromatic nitrogens is 4. The van der Waals surface area contributed by atoms with Gasteiger partial charge in [0.1, 0.15) is 23.9 Å². The summed E-state index contributed by atoms with van der Waals surface area (Å²) in [4.78, 5) is 27.8. The van der Waals surface area contributed by atoms with Gasteiger partial charge in [-0.25, -0.2) is 9.97 Å². The van der Waals surface area contributed by atoms with Crippen molar-refractivity contribution in [2.45, 2.75) is 26.9 Å². The van der Waals surface area contributed by atoms with Crippen LogP contribution >= 0.6 is 0 Å². The average molecular weight is 482 g/mol. The van der Waals surface area contributed by atoms with Crippen molar-refractivity contribution in [1.29, 1.82) is 0 Å². The number of aromatic amines is 1. The van der Waals surface area contributed by atoms with E-state index in [9.17, 15) is 4.79 Å². The highest BCUT2D eigenvalue weighted by molar-refractivity contribution is 5.99. The Hall–Kier alpha value is -4.33. The van der Waals surface area contributed by atoms with Gasteiger partial charge in [-0.1, -0.05) is 12.1 Å². The van der Waals surface area contributed by atoms with Crippen molar-refractivity contribution in [2.75, 3.05) is 20.3 Å². The van der Waals surface area contributed by atoms with Crippen LogP contribution in [-0.4, -0.2) is 50.6 Å². The summed E-state index contributed by atoms with van der Waals surface area (Å²) in [6, 6.07) is 16.2. The van der Waals surface area contributed by atoms with Crippen LogP contribution in [0.5, 0.6) is 11.6 Å². The van der Waals surface area contributed by atoms with E-state index in [0.29, 0.717) is 37.8 Å². The van der Waals surface area contributed by atoms with Gasteiger partial charge in [0.15, 0.2) is 0 Å². The smallest absolute Gasteiger partial charge is 0.270 e. The van der Waals surface area contributed by atoms with E-state index >= 15 is 0 Å². The molecule has 1 aliphatic heterocycles. The molecule has 1 amide bonds. The van der Waals surface area contributed by atoms with E-state index in [0.717, 1.165) is 50.2 Å². The maximum absolute atomic E-state index is 13.8. The van der Waals surface area contributed by atoms with Gasteiger partial charge in [-0.05, 0) is 55.3 Å². The number of H-pyrrole nitrogens is 1. The van der Waals surface area contributed by atoms with Crippen LogP contribution in [0.3, 0.4) is 0 Å². The number of benzene rings is 2. The van der Waals surface area contributed by atoms with Crippen LogP contribution in [-0.2, 0) is 13.1 Å². The Bertz CT molecular complexity index is 1620. The van der Waals surface area contributed by atoms with E-state index in [-0.39, 0.29) is 5.91 Å². The molecule has 0 fully saturated rings. The molecular weight excluding hydrogens is 454 g/mol. The minimum atomic E-state index is -0.0248. The minimum absolute atomic E-state index is 0.0248. The Labute approximate surface area is 208 Å². The highest BCUT2D eigenvalue weighted by Gasteiger charge is 2.25. The van der Waals surface area contributed by atoms with Crippen molar-refractivity contribution in [2.24, 2.45) is 0 Å². The third-order valence-electron chi connectivity index (χ3n) is 6.77. The van der Waals surface area contributed by atoms with Crippen molar-refractivity contribution in [3.05, 3.63) is 71.8 Å². The number of imidazole rings is 1. The van der Waals surface area contributed by atoms with E-state index < -0.39 is 0 Å². The number of ether oxygens (including phenoxy) is 2. The summed E-state index contributed by atoms with van der Waals surface area (Å²) in [6.45, 7) is 6.08. The normalized spacial score (nSPS) is 13.5. The summed E-state index contributed by atoms with van der Waals surface area (Å²) in [7, 11) is 1.59.